The summed E-state index contributed by atoms with van der Waals surface area (Å²) in [5.74, 6) is 0.0614. The molecule has 0 saturated heterocycles. The van der Waals surface area contributed by atoms with Gasteiger partial charge in [0.25, 0.3) is 0 Å². The van der Waals surface area contributed by atoms with Crippen LogP contribution in [0.1, 0.15) is 55.7 Å². The Bertz CT molecular complexity index is 774. The Morgan fingerprint density at radius 2 is 2.11 bits per heavy atom. The van der Waals surface area contributed by atoms with Crippen molar-refractivity contribution >= 4 is 17.6 Å². The molecule has 148 valence electrons. The van der Waals surface area contributed by atoms with Gasteiger partial charge in [0.05, 0.1) is 31.4 Å². The number of methoxy groups -OCH3 is 1. The van der Waals surface area contributed by atoms with Gasteiger partial charge in [0.2, 0.25) is 0 Å². The maximum absolute atomic E-state index is 12.4. The minimum Gasteiger partial charge on any atom is -0.469 e. The first-order chi connectivity index (χ1) is 12.8. The van der Waals surface area contributed by atoms with E-state index in [1.165, 1.54) is 7.11 Å². The van der Waals surface area contributed by atoms with Gasteiger partial charge in [0.15, 0.2) is 0 Å². The molecule has 1 heterocycles. The monoisotopic (exact) mass is 393 g/mol. The molecular weight excluding hydrogens is 366 g/mol. The van der Waals surface area contributed by atoms with Crippen LogP contribution in [0, 0.1) is 12.3 Å². The normalized spacial score (nSPS) is 12.8. The summed E-state index contributed by atoms with van der Waals surface area (Å²) in [6.45, 7) is 8.78. The zero-order chi connectivity index (χ0) is 20.0. The first-order valence-electron chi connectivity index (χ1n) is 9.07. The van der Waals surface area contributed by atoms with E-state index in [0.717, 1.165) is 35.3 Å². The molecule has 7 heteroatoms. The van der Waals surface area contributed by atoms with E-state index >= 15 is 0 Å². The Kier molecular flexibility index (Phi) is 7.39. The van der Waals surface area contributed by atoms with E-state index in [1.54, 1.807) is 4.68 Å². The molecule has 0 aliphatic rings. The highest BCUT2D eigenvalue weighted by atomic mass is 35.5. The number of ether oxygens (including phenoxy) is 2. The molecule has 0 saturated carbocycles. The number of nitrogens with zero attached hydrogens (tertiary/aromatic N) is 3. The number of alkyl halides is 1. The summed E-state index contributed by atoms with van der Waals surface area (Å²) in [7, 11) is 1.39. The van der Waals surface area contributed by atoms with Crippen LogP contribution in [0.15, 0.2) is 24.4 Å². The van der Waals surface area contributed by atoms with Gasteiger partial charge in [-0.3, -0.25) is 9.48 Å². The quantitative estimate of drug-likeness (QED) is 0.472. The van der Waals surface area contributed by atoms with Crippen molar-refractivity contribution in [3.05, 3.63) is 46.8 Å². The third-order valence-corrected chi connectivity index (χ3v) is 4.91. The highest BCUT2D eigenvalue weighted by Crippen LogP contribution is 2.39. The van der Waals surface area contributed by atoms with Crippen LogP contribution in [0.25, 0.3) is 0 Å². The number of aromatic nitrogens is 3. The molecule has 0 aliphatic carbocycles. The van der Waals surface area contributed by atoms with E-state index in [9.17, 15) is 4.79 Å². The largest absolute Gasteiger partial charge is 0.469 e. The van der Waals surface area contributed by atoms with Crippen molar-refractivity contribution in [2.75, 3.05) is 7.11 Å². The summed E-state index contributed by atoms with van der Waals surface area (Å²) < 4.78 is 13.0. The Balaban J connectivity index is 2.30. The van der Waals surface area contributed by atoms with Gasteiger partial charge in [-0.2, -0.15) is 0 Å². The minimum absolute atomic E-state index is 0.249. The summed E-state index contributed by atoms with van der Waals surface area (Å²) in [4.78, 5) is 12.4. The van der Waals surface area contributed by atoms with Crippen molar-refractivity contribution < 1.29 is 14.3 Å². The Morgan fingerprint density at radius 1 is 1.37 bits per heavy atom. The van der Waals surface area contributed by atoms with Crippen molar-refractivity contribution in [2.45, 2.75) is 59.3 Å². The molecule has 0 unspecified atom stereocenters. The Labute approximate surface area is 165 Å². The molecule has 2 rings (SSSR count). The lowest BCUT2D eigenvalue weighted by molar-refractivity contribution is -0.162. The number of hydrogen-bond acceptors (Lipinski definition) is 5. The first kappa shape index (κ1) is 21.4. The lowest BCUT2D eigenvalue weighted by Gasteiger charge is -2.32. The van der Waals surface area contributed by atoms with Crippen LogP contribution in [-0.4, -0.2) is 28.1 Å². The zero-order valence-electron chi connectivity index (χ0n) is 16.7. The molecule has 0 amide bonds. The molecule has 0 fully saturated rings. The molecule has 27 heavy (non-hydrogen) atoms. The van der Waals surface area contributed by atoms with Crippen LogP contribution < -0.4 is 0 Å². The van der Waals surface area contributed by atoms with Crippen LogP contribution >= 0.6 is 11.6 Å². The van der Waals surface area contributed by atoms with E-state index in [0.29, 0.717) is 5.88 Å². The van der Waals surface area contributed by atoms with Crippen molar-refractivity contribution in [3.8, 4) is 0 Å². The zero-order valence-corrected chi connectivity index (χ0v) is 17.4. The van der Waals surface area contributed by atoms with Crippen LogP contribution in [0.3, 0.4) is 0 Å². The fourth-order valence-corrected chi connectivity index (χ4v) is 3.29. The molecule has 0 N–H and O–H groups in total. The summed E-state index contributed by atoms with van der Waals surface area (Å²) in [5.41, 5.74) is 2.84. The Hall–Kier alpha value is -1.92. The summed E-state index contributed by atoms with van der Waals surface area (Å²) >= 11 is 6.06. The van der Waals surface area contributed by atoms with Gasteiger partial charge < -0.3 is 9.47 Å². The number of carbonyl (C=O) groups is 1. The number of halogens is 1. The number of hydrogen-bond donors (Lipinski definition) is 0. The maximum atomic E-state index is 12.4. The highest BCUT2D eigenvalue weighted by molar-refractivity contribution is 6.17. The average Bonchev–Trinajstić information content (AvgIpc) is 3.09. The second kappa shape index (κ2) is 9.33. The van der Waals surface area contributed by atoms with Gasteiger partial charge in [-0.15, -0.1) is 16.7 Å². The van der Waals surface area contributed by atoms with Gasteiger partial charge in [0.1, 0.15) is 5.69 Å². The van der Waals surface area contributed by atoms with E-state index in [-0.39, 0.29) is 12.6 Å². The number of carbonyl (C=O) groups excluding carboxylic acids is 1. The molecule has 1 aromatic carbocycles. The van der Waals surface area contributed by atoms with Gasteiger partial charge in [-0.25, -0.2) is 0 Å². The number of esters is 1. The van der Waals surface area contributed by atoms with Gasteiger partial charge in [-0.05, 0) is 43.9 Å². The summed E-state index contributed by atoms with van der Waals surface area (Å²) in [6.07, 6.45) is 2.33. The van der Waals surface area contributed by atoms with Crippen LogP contribution in [0.4, 0.5) is 0 Å². The lowest BCUT2D eigenvalue weighted by atomic mass is 9.81. The summed E-state index contributed by atoms with van der Waals surface area (Å²) in [6, 6.07) is 5.95. The van der Waals surface area contributed by atoms with Gasteiger partial charge in [-0.1, -0.05) is 30.3 Å². The van der Waals surface area contributed by atoms with Gasteiger partial charge >= 0.3 is 5.97 Å². The first-order valence-corrected chi connectivity index (χ1v) is 9.61. The molecule has 0 spiro atoms. The molecule has 6 nitrogen and oxygen atoms in total. The number of aryl methyl sites for hydroxylation is 2. The molecule has 0 bridgehead atoms. The fourth-order valence-electron chi connectivity index (χ4n) is 3.00. The maximum Gasteiger partial charge on any atom is 0.314 e. The van der Waals surface area contributed by atoms with E-state index in [4.69, 9.17) is 21.1 Å². The van der Waals surface area contributed by atoms with E-state index < -0.39 is 11.5 Å². The predicted octanol–water partition coefficient (Wildman–Crippen LogP) is 4.19. The highest BCUT2D eigenvalue weighted by Gasteiger charge is 2.40. The lowest BCUT2D eigenvalue weighted by Crippen LogP contribution is -2.34. The molecule has 1 atom stereocenters. The summed E-state index contributed by atoms with van der Waals surface area (Å²) in [5, 5.41) is 8.23. The van der Waals surface area contributed by atoms with Crippen molar-refractivity contribution in [2.24, 2.45) is 5.41 Å². The van der Waals surface area contributed by atoms with Crippen molar-refractivity contribution in [1.82, 2.24) is 15.0 Å². The standard InChI is InChI=1S/C20H28ClN3O3/c1-6-9-24-12-17(22-23-24)13-27-18(20(3,4)19(25)26-5)15-8-7-14(2)16(10-15)11-21/h7-8,10,12,18H,6,9,11,13H2,1-5H3/t18-/m1/s1. The Morgan fingerprint density at radius 3 is 2.74 bits per heavy atom. The second-order valence-corrected chi connectivity index (χ2v) is 7.46. The van der Waals surface area contributed by atoms with E-state index in [2.05, 4.69) is 17.2 Å². The average molecular weight is 394 g/mol. The van der Waals surface area contributed by atoms with Crippen molar-refractivity contribution in [1.29, 1.82) is 0 Å². The molecule has 2 aromatic rings. The molecular formula is C20H28ClN3O3. The third kappa shape index (κ3) is 5.08. The topological polar surface area (TPSA) is 66.2 Å². The van der Waals surface area contributed by atoms with Crippen LogP contribution in [0.5, 0.6) is 0 Å². The number of rotatable bonds is 9. The molecule has 1 aromatic heterocycles. The molecule has 0 aliphatic heterocycles. The smallest absolute Gasteiger partial charge is 0.314 e. The molecule has 0 radical (unpaired) electrons. The fraction of sp³-hybridized carbons (Fsp3) is 0.550. The van der Waals surface area contributed by atoms with Gasteiger partial charge in [0, 0.05) is 12.4 Å². The van der Waals surface area contributed by atoms with Crippen LogP contribution in [-0.2, 0) is 33.3 Å². The minimum atomic E-state index is -0.882. The third-order valence-electron chi connectivity index (χ3n) is 4.62. The SMILES string of the molecule is CCCn1cc(CO[C@H](c2ccc(C)c(CCl)c2)C(C)(C)C(=O)OC)nn1. The second-order valence-electron chi connectivity index (χ2n) is 7.20. The van der Waals surface area contributed by atoms with Crippen molar-refractivity contribution in [3.63, 3.8) is 0 Å². The van der Waals surface area contributed by atoms with Crippen LogP contribution in [0.2, 0.25) is 0 Å². The van der Waals surface area contributed by atoms with E-state index in [1.807, 2.05) is 45.2 Å². The predicted molar refractivity (Wildman–Crippen MR) is 104 cm³/mol. The number of benzene rings is 1.